The highest BCUT2D eigenvalue weighted by molar-refractivity contribution is 5.51. The van der Waals surface area contributed by atoms with Gasteiger partial charge in [0.1, 0.15) is 17.9 Å². The summed E-state index contributed by atoms with van der Waals surface area (Å²) in [5.74, 6) is -1.17. The van der Waals surface area contributed by atoms with Crippen molar-refractivity contribution < 1.29 is 13.6 Å². The molecule has 4 heteroatoms. The van der Waals surface area contributed by atoms with E-state index in [1.54, 1.807) is 11.9 Å². The quantitative estimate of drug-likeness (QED) is 0.686. The Morgan fingerprint density at radius 2 is 2.14 bits per heavy atom. The Labute approximate surface area is 81.1 Å². The van der Waals surface area contributed by atoms with Gasteiger partial charge >= 0.3 is 0 Å². The zero-order valence-electron chi connectivity index (χ0n) is 7.84. The summed E-state index contributed by atoms with van der Waals surface area (Å²) in [6, 6.07) is 3.42. The second-order valence-corrected chi connectivity index (χ2v) is 3.10. The van der Waals surface area contributed by atoms with Crippen LogP contribution in [-0.4, -0.2) is 24.8 Å². The SMILES string of the molecule is CN(CC=O)Cc1ccc(F)cc1F. The second kappa shape index (κ2) is 4.81. The lowest BCUT2D eigenvalue weighted by Gasteiger charge is -2.13. The highest BCUT2D eigenvalue weighted by Crippen LogP contribution is 2.10. The minimum absolute atomic E-state index is 0.233. The van der Waals surface area contributed by atoms with Gasteiger partial charge in [0.25, 0.3) is 0 Å². The van der Waals surface area contributed by atoms with Crippen LogP contribution in [0.5, 0.6) is 0 Å². The average Bonchev–Trinajstić information content (AvgIpc) is 2.10. The minimum atomic E-state index is -0.593. The fourth-order valence-corrected chi connectivity index (χ4v) is 1.13. The van der Waals surface area contributed by atoms with Crippen molar-refractivity contribution in [3.8, 4) is 0 Å². The fraction of sp³-hybridized carbons (Fsp3) is 0.300. The third-order valence-corrected chi connectivity index (χ3v) is 1.84. The molecule has 2 nitrogen and oxygen atoms in total. The molecule has 0 atom stereocenters. The normalized spacial score (nSPS) is 10.6. The molecule has 0 N–H and O–H groups in total. The highest BCUT2D eigenvalue weighted by Gasteiger charge is 2.05. The summed E-state index contributed by atoms with van der Waals surface area (Å²) in [5, 5.41) is 0. The van der Waals surface area contributed by atoms with E-state index < -0.39 is 11.6 Å². The standard InChI is InChI=1S/C10H11F2NO/c1-13(4-5-14)7-8-2-3-9(11)6-10(8)12/h2-3,5-6H,4,7H2,1H3. The summed E-state index contributed by atoms with van der Waals surface area (Å²) in [6.07, 6.45) is 0.738. The highest BCUT2D eigenvalue weighted by atomic mass is 19.1. The van der Waals surface area contributed by atoms with Crippen molar-refractivity contribution in [1.82, 2.24) is 4.90 Å². The smallest absolute Gasteiger partial charge is 0.133 e. The van der Waals surface area contributed by atoms with E-state index >= 15 is 0 Å². The van der Waals surface area contributed by atoms with E-state index in [1.165, 1.54) is 12.1 Å². The average molecular weight is 199 g/mol. The molecule has 1 aromatic carbocycles. The van der Waals surface area contributed by atoms with Gasteiger partial charge in [-0.1, -0.05) is 6.07 Å². The molecule has 76 valence electrons. The number of nitrogens with zero attached hydrogens (tertiary/aromatic N) is 1. The number of likely N-dealkylation sites (N-methyl/N-ethyl adjacent to an activating group) is 1. The first-order valence-electron chi connectivity index (χ1n) is 4.19. The molecule has 0 heterocycles. The Balaban J connectivity index is 2.71. The van der Waals surface area contributed by atoms with Gasteiger partial charge < -0.3 is 4.79 Å². The van der Waals surface area contributed by atoms with Crippen molar-refractivity contribution in [2.45, 2.75) is 6.54 Å². The van der Waals surface area contributed by atoms with Crippen LogP contribution >= 0.6 is 0 Å². The van der Waals surface area contributed by atoms with Crippen molar-refractivity contribution in [2.75, 3.05) is 13.6 Å². The summed E-state index contributed by atoms with van der Waals surface area (Å²) in [7, 11) is 1.69. The number of hydrogen-bond donors (Lipinski definition) is 0. The molecule has 0 aromatic heterocycles. The van der Waals surface area contributed by atoms with Crippen LogP contribution < -0.4 is 0 Å². The van der Waals surface area contributed by atoms with Gasteiger partial charge in [0.2, 0.25) is 0 Å². The van der Waals surface area contributed by atoms with Crippen LogP contribution in [0.25, 0.3) is 0 Å². The molecule has 0 spiro atoms. The largest absolute Gasteiger partial charge is 0.302 e. The first-order chi connectivity index (χ1) is 6.63. The van der Waals surface area contributed by atoms with Crippen molar-refractivity contribution in [2.24, 2.45) is 0 Å². The first-order valence-corrected chi connectivity index (χ1v) is 4.19. The Kier molecular flexibility index (Phi) is 3.71. The van der Waals surface area contributed by atoms with Gasteiger partial charge in [-0.05, 0) is 13.1 Å². The maximum atomic E-state index is 13.1. The van der Waals surface area contributed by atoms with Gasteiger partial charge in [-0.3, -0.25) is 4.90 Å². The lowest BCUT2D eigenvalue weighted by Crippen LogP contribution is -2.20. The third-order valence-electron chi connectivity index (χ3n) is 1.84. The predicted octanol–water partition coefficient (Wildman–Crippen LogP) is 1.60. The Bertz CT molecular complexity index is 328. The maximum Gasteiger partial charge on any atom is 0.133 e. The van der Waals surface area contributed by atoms with Crippen molar-refractivity contribution in [3.63, 3.8) is 0 Å². The van der Waals surface area contributed by atoms with Gasteiger partial charge in [0.05, 0.1) is 6.54 Å². The Morgan fingerprint density at radius 3 is 2.71 bits per heavy atom. The van der Waals surface area contributed by atoms with Crippen LogP contribution in [0.4, 0.5) is 8.78 Å². The second-order valence-electron chi connectivity index (χ2n) is 3.10. The number of carbonyl (C=O) groups excluding carboxylic acids is 1. The van der Waals surface area contributed by atoms with E-state index in [2.05, 4.69) is 0 Å². The molecule has 1 aromatic rings. The van der Waals surface area contributed by atoms with Crippen LogP contribution in [0.15, 0.2) is 18.2 Å². The van der Waals surface area contributed by atoms with Gasteiger partial charge in [-0.15, -0.1) is 0 Å². The molecule has 0 saturated heterocycles. The third kappa shape index (κ3) is 2.88. The van der Waals surface area contributed by atoms with E-state index in [0.717, 1.165) is 12.4 Å². The molecule has 0 fully saturated rings. The number of aldehydes is 1. The van der Waals surface area contributed by atoms with Crippen LogP contribution in [0.1, 0.15) is 5.56 Å². The number of hydrogen-bond acceptors (Lipinski definition) is 2. The molecule has 1 rings (SSSR count). The van der Waals surface area contributed by atoms with Gasteiger partial charge in [0, 0.05) is 18.2 Å². The van der Waals surface area contributed by atoms with E-state index in [0.29, 0.717) is 12.1 Å². The predicted molar refractivity (Wildman–Crippen MR) is 48.8 cm³/mol. The molecule has 14 heavy (non-hydrogen) atoms. The van der Waals surface area contributed by atoms with Gasteiger partial charge in [-0.2, -0.15) is 0 Å². The first kappa shape index (κ1) is 10.8. The topological polar surface area (TPSA) is 20.3 Å². The summed E-state index contributed by atoms with van der Waals surface area (Å²) < 4.78 is 25.6. The van der Waals surface area contributed by atoms with E-state index in [-0.39, 0.29) is 6.54 Å². The molecule has 0 bridgehead atoms. The van der Waals surface area contributed by atoms with Crippen LogP contribution in [0, 0.1) is 11.6 Å². The van der Waals surface area contributed by atoms with Crippen molar-refractivity contribution in [1.29, 1.82) is 0 Å². The number of benzene rings is 1. The van der Waals surface area contributed by atoms with E-state index in [1.807, 2.05) is 0 Å². The lowest BCUT2D eigenvalue weighted by molar-refractivity contribution is -0.108. The van der Waals surface area contributed by atoms with Crippen molar-refractivity contribution >= 4 is 6.29 Å². The number of halogens is 2. The maximum absolute atomic E-state index is 13.1. The molecular weight excluding hydrogens is 188 g/mol. The Hall–Kier alpha value is -1.29. The van der Waals surface area contributed by atoms with E-state index in [9.17, 15) is 13.6 Å². The number of carbonyl (C=O) groups is 1. The summed E-state index contributed by atoms with van der Waals surface area (Å²) in [6.45, 7) is 0.529. The van der Waals surface area contributed by atoms with Crippen LogP contribution in [0.2, 0.25) is 0 Å². The molecule has 0 aliphatic carbocycles. The minimum Gasteiger partial charge on any atom is -0.302 e. The fourth-order valence-electron chi connectivity index (χ4n) is 1.13. The van der Waals surface area contributed by atoms with Gasteiger partial charge in [-0.25, -0.2) is 8.78 Å². The van der Waals surface area contributed by atoms with E-state index in [4.69, 9.17) is 0 Å². The molecule has 0 radical (unpaired) electrons. The lowest BCUT2D eigenvalue weighted by atomic mass is 10.2. The Morgan fingerprint density at radius 1 is 1.43 bits per heavy atom. The monoisotopic (exact) mass is 199 g/mol. The molecule has 0 saturated carbocycles. The number of rotatable bonds is 4. The zero-order valence-corrected chi connectivity index (χ0v) is 7.84. The van der Waals surface area contributed by atoms with Crippen LogP contribution in [-0.2, 0) is 11.3 Å². The summed E-state index contributed by atoms with van der Waals surface area (Å²) in [5.41, 5.74) is 0.385. The van der Waals surface area contributed by atoms with Gasteiger partial charge in [0.15, 0.2) is 0 Å². The van der Waals surface area contributed by atoms with Crippen molar-refractivity contribution in [3.05, 3.63) is 35.4 Å². The summed E-state index contributed by atoms with van der Waals surface area (Å²) >= 11 is 0. The molecule has 0 amide bonds. The molecule has 0 aliphatic heterocycles. The molecular formula is C10H11F2NO. The molecule has 0 aliphatic rings. The zero-order chi connectivity index (χ0) is 10.6. The molecule has 0 unspecified atom stereocenters. The van der Waals surface area contributed by atoms with Crippen LogP contribution in [0.3, 0.4) is 0 Å². The summed E-state index contributed by atoms with van der Waals surface area (Å²) in [4.78, 5) is 11.8.